The monoisotopic (exact) mass is 483 g/mol. The summed E-state index contributed by atoms with van der Waals surface area (Å²) in [6.45, 7) is -2.21. The minimum atomic E-state index is -2.65. The third kappa shape index (κ3) is 3.90. The number of rotatable bonds is 6. The summed E-state index contributed by atoms with van der Waals surface area (Å²) in [5, 5.41) is 14.7. The third-order valence-corrected chi connectivity index (χ3v) is 6.09. The van der Waals surface area contributed by atoms with Crippen LogP contribution in [0.5, 0.6) is 11.5 Å². The van der Waals surface area contributed by atoms with Gasteiger partial charge in [-0.15, -0.1) is 11.6 Å². The molecule has 0 radical (unpaired) electrons. The van der Waals surface area contributed by atoms with Crippen molar-refractivity contribution in [2.45, 2.75) is 24.9 Å². The van der Waals surface area contributed by atoms with Gasteiger partial charge in [-0.05, 0) is 35.2 Å². The number of nitro groups is 1. The molecule has 174 valence electrons. The molecule has 0 spiro atoms. The summed E-state index contributed by atoms with van der Waals surface area (Å²) in [6, 6.07) is 13.5. The van der Waals surface area contributed by atoms with Crippen LogP contribution in [0.25, 0.3) is 0 Å². The first-order chi connectivity index (χ1) is 17.9. The van der Waals surface area contributed by atoms with Crippen molar-refractivity contribution in [3.8, 4) is 11.5 Å². The van der Waals surface area contributed by atoms with Crippen LogP contribution < -0.4 is 19.7 Å². The Morgan fingerprint density at radius 3 is 2.76 bits per heavy atom. The Morgan fingerprint density at radius 1 is 1.21 bits per heavy atom. The first kappa shape index (κ1) is 17.7. The van der Waals surface area contributed by atoms with Crippen molar-refractivity contribution < 1.29 is 24.7 Å². The molecule has 0 bridgehead atoms. The maximum atomic E-state index is 13.6. The van der Waals surface area contributed by atoms with Gasteiger partial charge in [-0.2, -0.15) is 0 Å². The Morgan fingerprint density at radius 2 is 2.00 bits per heavy atom. The molecule has 34 heavy (non-hydrogen) atoms. The molecule has 2 aliphatic rings. The zero-order chi connectivity index (χ0) is 27.4. The highest BCUT2D eigenvalue weighted by molar-refractivity contribution is 6.17. The zero-order valence-electron chi connectivity index (χ0n) is 22.0. The van der Waals surface area contributed by atoms with Crippen LogP contribution in [0.4, 0.5) is 17.1 Å². The Labute approximate surface area is 206 Å². The van der Waals surface area contributed by atoms with Crippen LogP contribution in [0, 0.1) is 10.1 Å². The van der Waals surface area contributed by atoms with Crippen LogP contribution in [0.3, 0.4) is 0 Å². The van der Waals surface area contributed by atoms with Gasteiger partial charge in [-0.25, -0.2) is 0 Å². The summed E-state index contributed by atoms with van der Waals surface area (Å²) in [6.07, 6.45) is 0.690. The number of nitrogens with one attached hydrogen (secondary N) is 1. The molecule has 3 aromatic rings. The lowest BCUT2D eigenvalue weighted by molar-refractivity contribution is -0.385. The standard InChI is InChI=1S/C25H22ClN3O5/c1-33-23-10-20-21(27-13-19-9-17-4-2-3-5-22(17)28(19)25(20)30)11-24(23)34-14-16-6-15(12-26)7-18(8-16)29(31)32/h2-8,10-11,19,27H,9,12-14H2,1H3/t19-/m0/s1/i12D2,14D2. The maximum Gasteiger partial charge on any atom is 0.270 e. The summed E-state index contributed by atoms with van der Waals surface area (Å²) >= 11 is 5.73. The minimum Gasteiger partial charge on any atom is -0.493 e. The van der Waals surface area contributed by atoms with E-state index < -0.39 is 23.0 Å². The number of fused-ring (bicyclic) bond motifs is 4. The van der Waals surface area contributed by atoms with Gasteiger partial charge < -0.3 is 19.7 Å². The fraction of sp³-hybridized carbons (Fsp3) is 0.240. The van der Waals surface area contributed by atoms with Gasteiger partial charge in [0.2, 0.25) is 0 Å². The van der Waals surface area contributed by atoms with Gasteiger partial charge in [0.1, 0.15) is 6.56 Å². The number of non-ortho nitro benzene ring substituents is 1. The second-order valence-electron chi connectivity index (χ2n) is 7.92. The average Bonchev–Trinajstić information content (AvgIpc) is 3.18. The van der Waals surface area contributed by atoms with E-state index in [2.05, 4.69) is 5.32 Å². The molecule has 5 rings (SSSR count). The van der Waals surface area contributed by atoms with Crippen molar-refractivity contribution in [3.05, 3.63) is 87.0 Å². The maximum absolute atomic E-state index is 13.6. The predicted molar refractivity (Wildman–Crippen MR) is 129 cm³/mol. The van der Waals surface area contributed by atoms with Gasteiger partial charge in [0, 0.05) is 39.0 Å². The highest BCUT2D eigenvalue weighted by atomic mass is 35.5. The van der Waals surface area contributed by atoms with E-state index in [0.717, 1.165) is 29.4 Å². The van der Waals surface area contributed by atoms with E-state index in [1.54, 1.807) is 4.90 Å². The van der Waals surface area contributed by atoms with Crippen molar-refractivity contribution in [1.29, 1.82) is 0 Å². The smallest absolute Gasteiger partial charge is 0.270 e. The van der Waals surface area contributed by atoms with Crippen LogP contribution in [0.2, 0.25) is 0 Å². The number of benzene rings is 3. The molecular weight excluding hydrogens is 458 g/mol. The van der Waals surface area contributed by atoms with Crippen molar-refractivity contribution >= 4 is 34.6 Å². The molecule has 0 saturated carbocycles. The molecule has 0 aliphatic carbocycles. The SMILES string of the molecule is [2H]C([2H])(Cl)c1cc([N+](=O)[O-])cc(C([2H])([2H])Oc2cc3c(cc2OC)C(=O)N2c4ccccc4C[C@H]2CN3)c1. The first-order valence-corrected chi connectivity index (χ1v) is 10.8. The lowest BCUT2D eigenvalue weighted by Crippen LogP contribution is -2.39. The number of hydrogen-bond donors (Lipinski definition) is 1. The van der Waals surface area contributed by atoms with Gasteiger partial charge in [-0.3, -0.25) is 14.9 Å². The Kier molecular flexibility index (Phi) is 4.61. The van der Waals surface area contributed by atoms with E-state index in [0.29, 0.717) is 24.2 Å². The molecule has 1 N–H and O–H groups in total. The van der Waals surface area contributed by atoms with Crippen LogP contribution in [0.15, 0.2) is 54.6 Å². The van der Waals surface area contributed by atoms with Crippen LogP contribution >= 0.6 is 11.6 Å². The number of amides is 1. The molecule has 0 fully saturated rings. The molecular formula is C25H22ClN3O5. The molecule has 1 atom stereocenters. The fourth-order valence-electron chi connectivity index (χ4n) is 4.32. The number of anilines is 2. The van der Waals surface area contributed by atoms with Crippen molar-refractivity contribution in [2.75, 3.05) is 23.9 Å². The summed E-state index contributed by atoms with van der Waals surface area (Å²) < 4.78 is 43.6. The van der Waals surface area contributed by atoms with E-state index >= 15 is 0 Å². The Hall–Kier alpha value is -3.78. The lowest BCUT2D eigenvalue weighted by atomic mass is 10.1. The number of carbonyl (C=O) groups is 1. The van der Waals surface area contributed by atoms with E-state index in [1.807, 2.05) is 24.3 Å². The Bertz CT molecular complexity index is 1460. The van der Waals surface area contributed by atoms with Crippen LogP contribution in [-0.2, 0) is 18.8 Å². The van der Waals surface area contributed by atoms with Crippen molar-refractivity contribution in [3.63, 3.8) is 0 Å². The highest BCUT2D eigenvalue weighted by Crippen LogP contribution is 2.40. The van der Waals surface area contributed by atoms with E-state index in [9.17, 15) is 14.9 Å². The van der Waals surface area contributed by atoms with Crippen molar-refractivity contribution in [1.82, 2.24) is 0 Å². The Balaban J connectivity index is 1.53. The average molecular weight is 484 g/mol. The molecule has 0 unspecified atom stereocenters. The normalized spacial score (nSPS) is 18.7. The second kappa shape index (κ2) is 8.87. The largest absolute Gasteiger partial charge is 0.493 e. The molecule has 2 aliphatic heterocycles. The van der Waals surface area contributed by atoms with Gasteiger partial charge in [0.25, 0.3) is 11.6 Å². The number of carbonyl (C=O) groups excluding carboxylic acids is 1. The molecule has 2 heterocycles. The number of halogens is 1. The van der Waals surface area contributed by atoms with Crippen LogP contribution in [0.1, 0.15) is 32.5 Å². The van der Waals surface area contributed by atoms with Crippen molar-refractivity contribution in [2.24, 2.45) is 0 Å². The lowest BCUT2D eigenvalue weighted by Gasteiger charge is -2.22. The summed E-state index contributed by atoms with van der Waals surface area (Å²) in [7, 11) is 1.35. The first-order valence-electron chi connectivity index (χ1n) is 12.4. The summed E-state index contributed by atoms with van der Waals surface area (Å²) in [5.74, 6) is -2.69. The van der Waals surface area contributed by atoms with Gasteiger partial charge in [-0.1, -0.05) is 24.3 Å². The number of alkyl halides is 1. The summed E-state index contributed by atoms with van der Waals surface area (Å²) in [4.78, 5) is 26.0. The fourth-order valence-corrected chi connectivity index (χ4v) is 4.43. The van der Waals surface area contributed by atoms with Gasteiger partial charge in [0.05, 0.1) is 32.1 Å². The highest BCUT2D eigenvalue weighted by Gasteiger charge is 2.37. The van der Waals surface area contributed by atoms with Gasteiger partial charge >= 0.3 is 0 Å². The van der Waals surface area contributed by atoms with Gasteiger partial charge in [0.15, 0.2) is 11.5 Å². The molecule has 3 aromatic carbocycles. The van der Waals surface area contributed by atoms with Crippen LogP contribution in [-0.4, -0.2) is 30.5 Å². The summed E-state index contributed by atoms with van der Waals surface area (Å²) in [5.41, 5.74) is 1.51. The molecule has 0 aromatic heterocycles. The minimum absolute atomic E-state index is 0.0547. The molecule has 8 nitrogen and oxygen atoms in total. The molecule has 0 saturated heterocycles. The predicted octanol–water partition coefficient (Wildman–Crippen LogP) is 4.92. The van der Waals surface area contributed by atoms with E-state index in [4.69, 9.17) is 26.6 Å². The third-order valence-electron chi connectivity index (χ3n) is 5.87. The number of nitro benzene ring substituents is 1. The number of ether oxygens (including phenoxy) is 2. The topological polar surface area (TPSA) is 93.9 Å². The number of methoxy groups -OCH3 is 1. The molecule has 9 heteroatoms. The number of nitrogens with zero attached hydrogens (tertiary/aromatic N) is 2. The zero-order valence-corrected chi connectivity index (χ0v) is 18.8. The number of hydrogen-bond acceptors (Lipinski definition) is 6. The molecule has 1 amide bonds. The number of para-hydroxylation sites is 1. The second-order valence-corrected chi connectivity index (χ2v) is 8.10. The van der Waals surface area contributed by atoms with E-state index in [-0.39, 0.29) is 34.6 Å². The quantitative estimate of drug-likeness (QED) is 0.304. The van der Waals surface area contributed by atoms with E-state index in [1.165, 1.54) is 19.2 Å².